The normalized spacial score (nSPS) is 12.3. The smallest absolute Gasteiger partial charge is 0.276 e. The van der Waals surface area contributed by atoms with Gasteiger partial charge in [0.2, 0.25) is 15.9 Å². The molecule has 2 aromatic carbocycles. The summed E-state index contributed by atoms with van der Waals surface area (Å²) in [4.78, 5) is 23.9. The van der Waals surface area contributed by atoms with E-state index in [0.717, 1.165) is 5.56 Å². The van der Waals surface area contributed by atoms with E-state index in [4.69, 9.17) is 9.47 Å². The number of nitro groups is 1. The molecule has 0 spiro atoms. The van der Waals surface area contributed by atoms with Crippen molar-refractivity contribution >= 4 is 21.6 Å². The molecule has 2 aromatic rings. The number of sulfonamides is 1. The Kier molecular flexibility index (Phi) is 9.39. The Bertz CT molecular complexity index is 1120. The lowest BCUT2D eigenvalue weighted by Gasteiger charge is -2.20. The van der Waals surface area contributed by atoms with E-state index in [9.17, 15) is 23.3 Å². The van der Waals surface area contributed by atoms with Gasteiger partial charge < -0.3 is 14.8 Å². The van der Waals surface area contributed by atoms with Gasteiger partial charge in [-0.25, -0.2) is 8.42 Å². The van der Waals surface area contributed by atoms with Crippen LogP contribution in [-0.2, 0) is 21.2 Å². The molecule has 0 fully saturated rings. The molecule has 0 bridgehead atoms. The first kappa shape index (κ1) is 27.1. The van der Waals surface area contributed by atoms with Gasteiger partial charge >= 0.3 is 0 Å². The van der Waals surface area contributed by atoms with Gasteiger partial charge in [-0.3, -0.25) is 14.9 Å². The maximum atomic E-state index is 12.9. The van der Waals surface area contributed by atoms with Crippen molar-refractivity contribution in [2.24, 2.45) is 5.92 Å². The van der Waals surface area contributed by atoms with E-state index in [0.29, 0.717) is 11.3 Å². The summed E-state index contributed by atoms with van der Waals surface area (Å²) in [7, 11) is -1.10. The maximum Gasteiger partial charge on any atom is 0.276 e. The van der Waals surface area contributed by atoms with Crippen LogP contribution in [0.3, 0.4) is 0 Å². The summed E-state index contributed by atoms with van der Waals surface area (Å²) in [5, 5.41) is 14.2. The summed E-state index contributed by atoms with van der Waals surface area (Å²) in [6.45, 7) is 5.68. The minimum atomic E-state index is -3.91. The molecule has 11 heteroatoms. The minimum absolute atomic E-state index is 0.0448. The Hall–Kier alpha value is -3.18. The Morgan fingerprint density at radius 1 is 1.09 bits per heavy atom. The zero-order valence-electron chi connectivity index (χ0n) is 20.0. The van der Waals surface area contributed by atoms with E-state index in [1.807, 2.05) is 20.8 Å². The molecular weight excluding hydrogens is 462 g/mol. The summed E-state index contributed by atoms with van der Waals surface area (Å²) in [6.07, 6.45) is 0.426. The van der Waals surface area contributed by atoms with E-state index >= 15 is 0 Å². The second-order valence-corrected chi connectivity index (χ2v) is 9.96. The minimum Gasteiger partial charge on any atom is -0.493 e. The highest BCUT2D eigenvalue weighted by molar-refractivity contribution is 7.89. The fourth-order valence-electron chi connectivity index (χ4n) is 3.38. The zero-order valence-corrected chi connectivity index (χ0v) is 20.8. The van der Waals surface area contributed by atoms with Crippen molar-refractivity contribution in [3.05, 3.63) is 57.6 Å². The van der Waals surface area contributed by atoms with Crippen LogP contribution in [0.4, 0.5) is 5.69 Å². The number of nitro benzene ring substituents is 1. The Morgan fingerprint density at radius 2 is 1.68 bits per heavy atom. The zero-order chi connectivity index (χ0) is 25.5. The number of hydrogen-bond acceptors (Lipinski definition) is 7. The molecule has 1 amide bonds. The third-order valence-electron chi connectivity index (χ3n) is 5.13. The topological polar surface area (TPSA) is 137 Å². The van der Waals surface area contributed by atoms with E-state index < -0.39 is 26.9 Å². The number of amides is 1. The molecule has 0 aliphatic carbocycles. The molecule has 0 saturated heterocycles. The van der Waals surface area contributed by atoms with Crippen LogP contribution < -0.4 is 19.5 Å². The van der Waals surface area contributed by atoms with Crippen molar-refractivity contribution < 1.29 is 27.6 Å². The van der Waals surface area contributed by atoms with Crippen molar-refractivity contribution in [3.8, 4) is 11.5 Å². The van der Waals surface area contributed by atoms with Crippen molar-refractivity contribution in [2.75, 3.05) is 20.8 Å². The van der Waals surface area contributed by atoms with Crippen LogP contribution in [0.25, 0.3) is 0 Å². The van der Waals surface area contributed by atoms with E-state index in [1.54, 1.807) is 12.1 Å². The fourth-order valence-corrected chi connectivity index (χ4v) is 4.59. The van der Waals surface area contributed by atoms with E-state index in [2.05, 4.69) is 10.0 Å². The average molecular weight is 494 g/mol. The van der Waals surface area contributed by atoms with E-state index in [-0.39, 0.29) is 41.6 Å². The average Bonchev–Trinajstić information content (AvgIpc) is 2.77. The van der Waals surface area contributed by atoms with Gasteiger partial charge in [-0.15, -0.1) is 0 Å². The first-order valence-electron chi connectivity index (χ1n) is 10.7. The second-order valence-electron chi connectivity index (χ2n) is 8.25. The number of nitrogens with one attached hydrogen (secondary N) is 2. The van der Waals surface area contributed by atoms with Gasteiger partial charge in [-0.1, -0.05) is 31.5 Å². The van der Waals surface area contributed by atoms with Crippen LogP contribution in [0.2, 0.25) is 0 Å². The first-order chi connectivity index (χ1) is 16.0. The highest BCUT2D eigenvalue weighted by atomic mass is 32.2. The van der Waals surface area contributed by atoms with Crippen LogP contribution in [0.5, 0.6) is 11.5 Å². The monoisotopic (exact) mass is 493 g/mol. The Balaban J connectivity index is 2.15. The molecule has 186 valence electrons. The van der Waals surface area contributed by atoms with Crippen molar-refractivity contribution in [2.45, 2.75) is 44.6 Å². The number of rotatable bonds is 12. The fraction of sp³-hybridized carbons (Fsp3) is 0.435. The molecule has 1 atom stereocenters. The molecule has 1 unspecified atom stereocenters. The quantitative estimate of drug-likeness (QED) is 0.342. The van der Waals surface area contributed by atoms with Crippen molar-refractivity contribution in [1.29, 1.82) is 0 Å². The summed E-state index contributed by atoms with van der Waals surface area (Å²) in [6, 6.07) is 8.11. The lowest BCUT2D eigenvalue weighted by molar-refractivity contribution is -0.385. The maximum absolute atomic E-state index is 12.9. The van der Waals surface area contributed by atoms with Crippen LogP contribution >= 0.6 is 0 Å². The molecular formula is C23H31N3O7S. The lowest BCUT2D eigenvalue weighted by Crippen LogP contribution is -2.47. The molecule has 0 radical (unpaired) electrons. The number of carbonyl (C=O) groups excluding carboxylic acids is 1. The summed E-state index contributed by atoms with van der Waals surface area (Å²) in [5.74, 6) is 0.0957. The van der Waals surface area contributed by atoms with Crippen LogP contribution in [0, 0.1) is 23.0 Å². The summed E-state index contributed by atoms with van der Waals surface area (Å²) < 4.78 is 38.4. The number of benzene rings is 2. The Labute approximate surface area is 199 Å². The van der Waals surface area contributed by atoms with Crippen LogP contribution in [-0.4, -0.2) is 46.1 Å². The van der Waals surface area contributed by atoms with E-state index in [1.165, 1.54) is 38.5 Å². The molecule has 2 rings (SSSR count). The molecule has 34 heavy (non-hydrogen) atoms. The predicted molar refractivity (Wildman–Crippen MR) is 128 cm³/mol. The van der Waals surface area contributed by atoms with Gasteiger partial charge in [0.1, 0.15) is 6.04 Å². The standard InChI is InChI=1S/C23H31N3O7S/c1-15(2)12-19(25-34(30,31)18-8-6-16(3)7-9-18)23(27)24-11-10-17-13-21(32-4)22(33-5)14-20(17)26(28)29/h6-9,13-15,19,25H,10-12H2,1-5H3,(H,24,27). The molecule has 0 aliphatic heterocycles. The second kappa shape index (κ2) is 11.8. The number of carbonyl (C=O) groups is 1. The summed E-state index contributed by atoms with van der Waals surface area (Å²) >= 11 is 0. The lowest BCUT2D eigenvalue weighted by atomic mass is 10.0. The third kappa shape index (κ3) is 7.16. The number of ether oxygens (including phenoxy) is 2. The van der Waals surface area contributed by atoms with Crippen LogP contribution in [0.15, 0.2) is 41.3 Å². The molecule has 0 saturated carbocycles. The predicted octanol–water partition coefficient (Wildman–Crippen LogP) is 2.97. The largest absolute Gasteiger partial charge is 0.493 e. The van der Waals surface area contributed by atoms with Gasteiger partial charge in [0, 0.05) is 12.1 Å². The number of methoxy groups -OCH3 is 2. The number of hydrogen-bond donors (Lipinski definition) is 2. The number of nitrogens with zero attached hydrogens (tertiary/aromatic N) is 1. The molecule has 0 heterocycles. The van der Waals surface area contributed by atoms with Gasteiger partial charge in [0.25, 0.3) is 5.69 Å². The SMILES string of the molecule is COc1cc(CCNC(=O)C(CC(C)C)NS(=O)(=O)c2ccc(C)cc2)c([N+](=O)[O-])cc1OC. The van der Waals surface area contributed by atoms with Crippen LogP contribution in [0.1, 0.15) is 31.4 Å². The highest BCUT2D eigenvalue weighted by Gasteiger charge is 2.27. The highest BCUT2D eigenvalue weighted by Crippen LogP contribution is 2.34. The Morgan fingerprint density at radius 3 is 2.21 bits per heavy atom. The van der Waals surface area contributed by atoms with Crippen molar-refractivity contribution in [3.63, 3.8) is 0 Å². The molecule has 2 N–H and O–H groups in total. The molecule has 0 aliphatic rings. The molecule has 0 aromatic heterocycles. The first-order valence-corrected chi connectivity index (χ1v) is 12.2. The number of aryl methyl sites for hydroxylation is 1. The summed E-state index contributed by atoms with van der Waals surface area (Å²) in [5.41, 5.74) is 1.11. The van der Waals surface area contributed by atoms with Gasteiger partial charge in [0.05, 0.1) is 30.1 Å². The third-order valence-corrected chi connectivity index (χ3v) is 6.61. The van der Waals surface area contributed by atoms with Crippen molar-refractivity contribution in [1.82, 2.24) is 10.0 Å². The van der Waals surface area contributed by atoms with Gasteiger partial charge in [-0.2, -0.15) is 4.72 Å². The van der Waals surface area contributed by atoms with Gasteiger partial charge in [0.15, 0.2) is 11.5 Å². The molecule has 10 nitrogen and oxygen atoms in total. The van der Waals surface area contributed by atoms with Gasteiger partial charge in [-0.05, 0) is 43.9 Å².